The second-order valence-electron chi connectivity index (χ2n) is 3.48. The van der Waals surface area contributed by atoms with E-state index in [1.54, 1.807) is 0 Å². The Bertz CT molecular complexity index is 454. The fourth-order valence-corrected chi connectivity index (χ4v) is 1.85. The first-order valence-electron chi connectivity index (χ1n) is 4.82. The Labute approximate surface area is 83.6 Å². The molecule has 0 saturated heterocycles. The lowest BCUT2D eigenvalue weighted by atomic mass is 10.2. The van der Waals surface area contributed by atoms with E-state index in [9.17, 15) is 0 Å². The third-order valence-corrected chi connectivity index (χ3v) is 2.58. The van der Waals surface area contributed by atoms with Crippen LogP contribution in [0.2, 0.25) is 0 Å². The van der Waals surface area contributed by atoms with Crippen molar-refractivity contribution >= 4 is 5.57 Å². The van der Waals surface area contributed by atoms with Gasteiger partial charge in [-0.25, -0.2) is 0 Å². The quantitative estimate of drug-likeness (QED) is 0.579. The molecule has 0 heteroatoms. The van der Waals surface area contributed by atoms with Crippen LogP contribution in [-0.4, -0.2) is 0 Å². The van der Waals surface area contributed by atoms with E-state index >= 15 is 0 Å². The molecule has 0 nitrogen and oxygen atoms in total. The van der Waals surface area contributed by atoms with Gasteiger partial charge in [-0.15, -0.1) is 0 Å². The highest BCUT2D eigenvalue weighted by molar-refractivity contribution is 6.03. The van der Waals surface area contributed by atoms with Gasteiger partial charge in [0.1, 0.15) is 0 Å². The fourth-order valence-electron chi connectivity index (χ4n) is 1.85. The third-order valence-electron chi connectivity index (χ3n) is 2.58. The molecule has 2 aliphatic carbocycles. The van der Waals surface area contributed by atoms with Gasteiger partial charge < -0.3 is 0 Å². The highest BCUT2D eigenvalue weighted by Gasteiger charge is 2.25. The van der Waals surface area contributed by atoms with Crippen LogP contribution in [0.15, 0.2) is 66.3 Å². The van der Waals surface area contributed by atoms with Crippen LogP contribution < -0.4 is 0 Å². The van der Waals surface area contributed by atoms with E-state index in [1.165, 1.54) is 22.3 Å². The standard InChI is InChI=1S/C14H10/c1-2-4-8-11(7-3-1)14-12-9-5-6-10-13(12)14/h1-10H. The summed E-state index contributed by atoms with van der Waals surface area (Å²) in [6.07, 6.45) is 12.6. The predicted molar refractivity (Wildman–Crippen MR) is 59.9 cm³/mol. The highest BCUT2D eigenvalue weighted by Crippen LogP contribution is 2.44. The van der Waals surface area contributed by atoms with Crippen LogP contribution >= 0.6 is 0 Å². The molecular weight excluding hydrogens is 168 g/mol. The minimum Gasteiger partial charge on any atom is -0.0622 e. The zero-order valence-corrected chi connectivity index (χ0v) is 7.77. The monoisotopic (exact) mass is 178 g/mol. The van der Waals surface area contributed by atoms with E-state index in [4.69, 9.17) is 0 Å². The normalized spacial score (nSPS) is 16.9. The minimum atomic E-state index is 1.32. The average Bonchev–Trinajstić information content (AvgIpc) is 2.97. The second-order valence-corrected chi connectivity index (χ2v) is 3.48. The van der Waals surface area contributed by atoms with Crippen LogP contribution in [0, 0.1) is 0 Å². The molecule has 0 fully saturated rings. The van der Waals surface area contributed by atoms with Gasteiger partial charge in [0.05, 0.1) is 0 Å². The largest absolute Gasteiger partial charge is 0.0622 e. The molecular formula is C14H10. The Morgan fingerprint density at radius 3 is 1.79 bits per heavy atom. The van der Waals surface area contributed by atoms with Gasteiger partial charge in [0, 0.05) is 0 Å². The smallest absolute Gasteiger partial charge is 0.00264 e. The van der Waals surface area contributed by atoms with Crippen molar-refractivity contribution in [3.63, 3.8) is 0 Å². The molecule has 3 rings (SSSR count). The number of hydrogen-bond donors (Lipinski definition) is 0. The van der Waals surface area contributed by atoms with Gasteiger partial charge in [0.2, 0.25) is 0 Å². The number of rotatable bonds is 0. The maximum Gasteiger partial charge on any atom is -0.00264 e. The molecule has 0 unspecified atom stereocenters. The van der Waals surface area contributed by atoms with E-state index in [1.807, 2.05) is 0 Å². The zero-order chi connectivity index (χ0) is 9.38. The lowest BCUT2D eigenvalue weighted by Gasteiger charge is -1.88. The molecule has 66 valence electrons. The lowest BCUT2D eigenvalue weighted by Crippen LogP contribution is -1.68. The lowest BCUT2D eigenvalue weighted by molar-refractivity contribution is 1.76. The summed E-state index contributed by atoms with van der Waals surface area (Å²) in [6, 6.07) is 8.54. The Kier molecular flexibility index (Phi) is 1.54. The summed E-state index contributed by atoms with van der Waals surface area (Å²) in [7, 11) is 0. The summed E-state index contributed by atoms with van der Waals surface area (Å²) < 4.78 is 0. The Balaban J connectivity index is 2.10. The van der Waals surface area contributed by atoms with Crippen molar-refractivity contribution in [3.05, 3.63) is 77.4 Å². The molecule has 1 aromatic carbocycles. The van der Waals surface area contributed by atoms with Crippen LogP contribution in [0.1, 0.15) is 11.1 Å². The van der Waals surface area contributed by atoms with Gasteiger partial charge in [-0.1, -0.05) is 60.7 Å². The predicted octanol–water partition coefficient (Wildman–Crippen LogP) is 3.48. The Morgan fingerprint density at radius 1 is 0.643 bits per heavy atom. The molecule has 14 heavy (non-hydrogen) atoms. The third kappa shape index (κ3) is 1.08. The summed E-state index contributed by atoms with van der Waals surface area (Å²) in [5.41, 5.74) is 5.53. The van der Waals surface area contributed by atoms with Gasteiger partial charge >= 0.3 is 0 Å². The summed E-state index contributed by atoms with van der Waals surface area (Å²) in [4.78, 5) is 0. The van der Waals surface area contributed by atoms with E-state index in [0.717, 1.165) is 0 Å². The first-order valence-corrected chi connectivity index (χ1v) is 4.82. The summed E-state index contributed by atoms with van der Waals surface area (Å²) in [6.45, 7) is 0. The molecule has 0 bridgehead atoms. The van der Waals surface area contributed by atoms with Gasteiger partial charge in [-0.3, -0.25) is 0 Å². The van der Waals surface area contributed by atoms with Crippen molar-refractivity contribution in [1.82, 2.24) is 0 Å². The van der Waals surface area contributed by atoms with Crippen molar-refractivity contribution in [2.75, 3.05) is 0 Å². The SMILES string of the molecule is C1=CC=CC(=C2c3ccccc32)C=C1. The second kappa shape index (κ2) is 2.85. The summed E-state index contributed by atoms with van der Waals surface area (Å²) in [5.74, 6) is 0. The molecule has 0 amide bonds. The summed E-state index contributed by atoms with van der Waals surface area (Å²) in [5, 5.41) is 0. The minimum absolute atomic E-state index is 1.32. The van der Waals surface area contributed by atoms with E-state index in [2.05, 4.69) is 60.7 Å². The van der Waals surface area contributed by atoms with Gasteiger partial charge in [-0.05, 0) is 22.3 Å². The number of hydrogen-bond acceptors (Lipinski definition) is 0. The van der Waals surface area contributed by atoms with Crippen LogP contribution in [0.25, 0.3) is 5.57 Å². The van der Waals surface area contributed by atoms with Crippen molar-refractivity contribution in [2.45, 2.75) is 0 Å². The summed E-state index contributed by atoms with van der Waals surface area (Å²) >= 11 is 0. The molecule has 0 aliphatic heterocycles. The van der Waals surface area contributed by atoms with Crippen LogP contribution in [0.3, 0.4) is 0 Å². The maximum atomic E-state index is 2.18. The van der Waals surface area contributed by atoms with Crippen LogP contribution in [0.5, 0.6) is 0 Å². The molecule has 1 aromatic rings. The maximum absolute atomic E-state index is 2.18. The number of fused-ring (bicyclic) bond motifs is 1. The molecule has 0 radical (unpaired) electrons. The van der Waals surface area contributed by atoms with Crippen molar-refractivity contribution < 1.29 is 0 Å². The molecule has 0 saturated carbocycles. The van der Waals surface area contributed by atoms with Crippen molar-refractivity contribution in [3.8, 4) is 0 Å². The first kappa shape index (κ1) is 7.57. The molecule has 0 N–H and O–H groups in total. The van der Waals surface area contributed by atoms with E-state index in [-0.39, 0.29) is 0 Å². The van der Waals surface area contributed by atoms with Crippen molar-refractivity contribution in [2.24, 2.45) is 0 Å². The average molecular weight is 178 g/mol. The first-order chi connectivity index (χ1) is 6.97. The van der Waals surface area contributed by atoms with Crippen molar-refractivity contribution in [1.29, 1.82) is 0 Å². The van der Waals surface area contributed by atoms with Crippen LogP contribution in [-0.2, 0) is 0 Å². The molecule has 2 aliphatic rings. The molecule has 0 spiro atoms. The van der Waals surface area contributed by atoms with Gasteiger partial charge in [0.15, 0.2) is 0 Å². The van der Waals surface area contributed by atoms with E-state index in [0.29, 0.717) is 0 Å². The molecule has 0 atom stereocenters. The fraction of sp³-hybridized carbons (Fsp3) is 0. The van der Waals surface area contributed by atoms with Gasteiger partial charge in [-0.2, -0.15) is 0 Å². The zero-order valence-electron chi connectivity index (χ0n) is 7.77. The Morgan fingerprint density at radius 2 is 1.21 bits per heavy atom. The highest BCUT2D eigenvalue weighted by atomic mass is 14.3. The number of benzene rings is 1. The van der Waals surface area contributed by atoms with Crippen LogP contribution in [0.4, 0.5) is 0 Å². The topological polar surface area (TPSA) is 0 Å². The van der Waals surface area contributed by atoms with E-state index < -0.39 is 0 Å². The van der Waals surface area contributed by atoms with Gasteiger partial charge in [0.25, 0.3) is 0 Å². The Hall–Kier alpha value is -1.82. The molecule has 0 aromatic heterocycles. The molecule has 0 heterocycles. The number of allylic oxidation sites excluding steroid dienone is 7.